The van der Waals surface area contributed by atoms with Crippen LogP contribution in [-0.4, -0.2) is 43.1 Å². The van der Waals surface area contributed by atoms with Crippen LogP contribution in [0.1, 0.15) is 22.0 Å². The SMILES string of the molecule is O=C(COC(=O)C(NC(=O)c1ccccc1)c1ccccc1)NC(=O)NCC(F)(F)F. The fraction of sp³-hybridized carbons (Fsp3) is 0.200. The van der Waals surface area contributed by atoms with Gasteiger partial charge in [-0.2, -0.15) is 13.2 Å². The summed E-state index contributed by atoms with van der Waals surface area (Å²) < 4.78 is 41.0. The molecular formula is C20H18F3N3O5. The lowest BCUT2D eigenvalue weighted by Crippen LogP contribution is -2.45. The van der Waals surface area contributed by atoms with E-state index >= 15 is 0 Å². The Balaban J connectivity index is 1.97. The van der Waals surface area contributed by atoms with Gasteiger partial charge in [0.05, 0.1) is 0 Å². The largest absolute Gasteiger partial charge is 0.454 e. The average molecular weight is 437 g/mol. The van der Waals surface area contributed by atoms with Crippen molar-refractivity contribution in [1.82, 2.24) is 16.0 Å². The van der Waals surface area contributed by atoms with Crippen LogP contribution in [0.25, 0.3) is 0 Å². The third-order valence-corrected chi connectivity index (χ3v) is 3.73. The molecule has 2 aromatic carbocycles. The number of nitrogens with one attached hydrogen (secondary N) is 3. The van der Waals surface area contributed by atoms with Gasteiger partial charge in [-0.15, -0.1) is 0 Å². The number of ether oxygens (including phenoxy) is 1. The minimum absolute atomic E-state index is 0.287. The van der Waals surface area contributed by atoms with E-state index in [1.807, 2.05) is 0 Å². The topological polar surface area (TPSA) is 114 Å². The molecule has 0 aromatic heterocycles. The van der Waals surface area contributed by atoms with Gasteiger partial charge in [-0.3, -0.25) is 14.9 Å². The predicted octanol–water partition coefficient (Wildman–Crippen LogP) is 2.09. The fourth-order valence-electron chi connectivity index (χ4n) is 2.34. The monoisotopic (exact) mass is 437 g/mol. The Labute approximate surface area is 174 Å². The number of halogens is 3. The molecule has 164 valence electrons. The molecule has 4 amide bonds. The summed E-state index contributed by atoms with van der Waals surface area (Å²) in [7, 11) is 0. The molecule has 0 saturated carbocycles. The van der Waals surface area contributed by atoms with Gasteiger partial charge in [0.25, 0.3) is 11.8 Å². The normalized spacial score (nSPS) is 11.7. The van der Waals surface area contributed by atoms with Crippen LogP contribution >= 0.6 is 0 Å². The minimum atomic E-state index is -4.65. The molecule has 3 N–H and O–H groups in total. The van der Waals surface area contributed by atoms with E-state index in [1.165, 1.54) is 17.4 Å². The Hall–Kier alpha value is -3.89. The van der Waals surface area contributed by atoms with Gasteiger partial charge in [-0.25, -0.2) is 9.59 Å². The number of rotatable bonds is 7. The Bertz CT molecular complexity index is 921. The van der Waals surface area contributed by atoms with E-state index < -0.39 is 49.2 Å². The van der Waals surface area contributed by atoms with Crippen LogP contribution in [0.4, 0.5) is 18.0 Å². The first-order valence-corrected chi connectivity index (χ1v) is 8.87. The van der Waals surface area contributed by atoms with E-state index in [2.05, 4.69) is 5.32 Å². The fourth-order valence-corrected chi connectivity index (χ4v) is 2.34. The lowest BCUT2D eigenvalue weighted by molar-refractivity contribution is -0.150. The number of carbonyl (C=O) groups is 4. The maximum atomic E-state index is 12.5. The quantitative estimate of drug-likeness (QED) is 0.574. The van der Waals surface area contributed by atoms with Crippen molar-refractivity contribution in [1.29, 1.82) is 0 Å². The highest BCUT2D eigenvalue weighted by atomic mass is 19.4. The summed E-state index contributed by atoms with van der Waals surface area (Å²) >= 11 is 0. The highest BCUT2D eigenvalue weighted by Crippen LogP contribution is 2.16. The molecule has 2 rings (SSSR count). The van der Waals surface area contributed by atoms with Crippen molar-refractivity contribution in [3.8, 4) is 0 Å². The van der Waals surface area contributed by atoms with Crippen LogP contribution in [0.3, 0.4) is 0 Å². The molecule has 1 atom stereocenters. The van der Waals surface area contributed by atoms with Gasteiger partial charge in [-0.05, 0) is 17.7 Å². The van der Waals surface area contributed by atoms with E-state index in [9.17, 15) is 32.3 Å². The van der Waals surface area contributed by atoms with Crippen LogP contribution in [0.5, 0.6) is 0 Å². The van der Waals surface area contributed by atoms with Crippen molar-refractivity contribution in [3.63, 3.8) is 0 Å². The third kappa shape index (κ3) is 8.17. The molecule has 0 aliphatic rings. The van der Waals surface area contributed by atoms with E-state index in [0.717, 1.165) is 0 Å². The summed E-state index contributed by atoms with van der Waals surface area (Å²) in [5.41, 5.74) is 0.662. The maximum Gasteiger partial charge on any atom is 0.405 e. The zero-order valence-electron chi connectivity index (χ0n) is 15.9. The number of hydrogen-bond donors (Lipinski definition) is 3. The number of imide groups is 1. The van der Waals surface area contributed by atoms with Gasteiger partial charge in [0.1, 0.15) is 6.54 Å². The summed E-state index contributed by atoms with van der Waals surface area (Å²) in [6.07, 6.45) is -4.65. The van der Waals surface area contributed by atoms with Crippen LogP contribution < -0.4 is 16.0 Å². The first-order chi connectivity index (χ1) is 14.7. The molecule has 0 aliphatic heterocycles. The van der Waals surface area contributed by atoms with Crippen molar-refractivity contribution < 1.29 is 37.1 Å². The van der Waals surface area contributed by atoms with Crippen molar-refractivity contribution >= 4 is 23.8 Å². The number of urea groups is 1. The zero-order chi connectivity index (χ0) is 22.9. The van der Waals surface area contributed by atoms with Crippen molar-refractivity contribution in [2.24, 2.45) is 0 Å². The first-order valence-electron chi connectivity index (χ1n) is 8.87. The molecule has 0 saturated heterocycles. The summed E-state index contributed by atoms with van der Waals surface area (Å²) in [4.78, 5) is 47.8. The molecule has 0 spiro atoms. The second kappa shape index (κ2) is 10.8. The van der Waals surface area contributed by atoms with Gasteiger partial charge in [-0.1, -0.05) is 48.5 Å². The molecule has 0 heterocycles. The van der Waals surface area contributed by atoms with Crippen molar-refractivity contribution in [3.05, 3.63) is 71.8 Å². The molecule has 31 heavy (non-hydrogen) atoms. The molecule has 0 radical (unpaired) electrons. The summed E-state index contributed by atoms with van der Waals surface area (Å²) in [5.74, 6) is -2.71. The van der Waals surface area contributed by atoms with Crippen LogP contribution in [0.15, 0.2) is 60.7 Å². The second-order valence-corrected chi connectivity index (χ2v) is 6.14. The third-order valence-electron chi connectivity index (χ3n) is 3.73. The lowest BCUT2D eigenvalue weighted by Gasteiger charge is -2.18. The van der Waals surface area contributed by atoms with E-state index in [1.54, 1.807) is 53.8 Å². The molecule has 0 fully saturated rings. The van der Waals surface area contributed by atoms with Crippen LogP contribution in [0.2, 0.25) is 0 Å². The highest BCUT2D eigenvalue weighted by molar-refractivity contribution is 5.98. The van der Waals surface area contributed by atoms with Crippen molar-refractivity contribution in [2.75, 3.05) is 13.2 Å². The summed E-state index contributed by atoms with van der Waals surface area (Å²) in [6, 6.07) is 13.5. The molecule has 2 aromatic rings. The Morgan fingerprint density at radius 3 is 2.06 bits per heavy atom. The lowest BCUT2D eigenvalue weighted by atomic mass is 10.1. The number of hydrogen-bond acceptors (Lipinski definition) is 5. The molecular weight excluding hydrogens is 419 g/mol. The Morgan fingerprint density at radius 1 is 0.903 bits per heavy atom. The van der Waals surface area contributed by atoms with E-state index in [4.69, 9.17) is 4.74 Å². The number of carbonyl (C=O) groups excluding carboxylic acids is 4. The maximum absolute atomic E-state index is 12.5. The van der Waals surface area contributed by atoms with E-state index in [-0.39, 0.29) is 5.56 Å². The predicted molar refractivity (Wildman–Crippen MR) is 102 cm³/mol. The highest BCUT2D eigenvalue weighted by Gasteiger charge is 2.28. The summed E-state index contributed by atoms with van der Waals surface area (Å²) in [5, 5.41) is 5.54. The number of amides is 4. The first kappa shape index (κ1) is 23.4. The molecule has 1 unspecified atom stereocenters. The van der Waals surface area contributed by atoms with E-state index in [0.29, 0.717) is 5.56 Å². The number of alkyl halides is 3. The number of benzene rings is 2. The zero-order valence-corrected chi connectivity index (χ0v) is 15.9. The standard InChI is InChI=1S/C20H18F3N3O5/c21-20(22,23)12-24-19(30)25-15(27)11-31-18(29)16(13-7-3-1-4-8-13)26-17(28)14-9-5-2-6-10-14/h1-10,16H,11-12H2,(H,26,28)(H2,24,25,27,30). The second-order valence-electron chi connectivity index (χ2n) is 6.14. The average Bonchev–Trinajstić information content (AvgIpc) is 2.75. The Kier molecular flexibility index (Phi) is 8.12. The van der Waals surface area contributed by atoms with Crippen molar-refractivity contribution in [2.45, 2.75) is 12.2 Å². The molecule has 0 aliphatic carbocycles. The molecule has 11 heteroatoms. The molecule has 8 nitrogen and oxygen atoms in total. The Morgan fingerprint density at radius 2 is 1.48 bits per heavy atom. The smallest absolute Gasteiger partial charge is 0.405 e. The number of esters is 1. The van der Waals surface area contributed by atoms with Gasteiger partial charge in [0.15, 0.2) is 12.6 Å². The van der Waals surface area contributed by atoms with Crippen LogP contribution in [0, 0.1) is 0 Å². The summed E-state index contributed by atoms with van der Waals surface area (Å²) in [6.45, 7) is -2.57. The van der Waals surface area contributed by atoms with Gasteiger partial charge in [0.2, 0.25) is 0 Å². The van der Waals surface area contributed by atoms with Gasteiger partial charge in [0, 0.05) is 5.56 Å². The minimum Gasteiger partial charge on any atom is -0.454 e. The molecule has 0 bridgehead atoms. The van der Waals surface area contributed by atoms with Gasteiger partial charge >= 0.3 is 18.2 Å². The van der Waals surface area contributed by atoms with Gasteiger partial charge < -0.3 is 15.4 Å². The van der Waals surface area contributed by atoms with Crippen LogP contribution in [-0.2, 0) is 14.3 Å².